The number of rotatable bonds is 3. The summed E-state index contributed by atoms with van der Waals surface area (Å²) >= 11 is 9.34. The Labute approximate surface area is 125 Å². The molecule has 0 bridgehead atoms. The first-order valence-electron chi connectivity index (χ1n) is 6.00. The zero-order valence-corrected chi connectivity index (χ0v) is 13.2. The molecule has 0 aromatic heterocycles. The van der Waals surface area contributed by atoms with E-state index in [1.807, 2.05) is 0 Å². The molecule has 0 radical (unpaired) electrons. The van der Waals surface area contributed by atoms with E-state index >= 15 is 0 Å². The second-order valence-corrected chi connectivity index (χ2v) is 8.03. The third kappa shape index (κ3) is 3.90. The van der Waals surface area contributed by atoms with Gasteiger partial charge in [-0.15, -0.1) is 0 Å². The second kappa shape index (κ2) is 6.08. The Morgan fingerprint density at radius 3 is 2.53 bits per heavy atom. The van der Waals surface area contributed by atoms with Crippen LogP contribution in [0.3, 0.4) is 0 Å². The molecular weight excluding hydrogens is 357 g/mol. The van der Waals surface area contributed by atoms with Gasteiger partial charge < -0.3 is 0 Å². The second-order valence-electron chi connectivity index (χ2n) is 4.64. The Hall–Kier alpha value is -0.170. The minimum atomic E-state index is -3.77. The molecule has 0 amide bonds. The van der Waals surface area contributed by atoms with Gasteiger partial charge in [0.05, 0.1) is 5.02 Å². The Morgan fingerprint density at radius 2 is 1.89 bits per heavy atom. The standard InChI is InChI=1S/C12H14BrClFNO2S/c13-8-1-4-10(5-2-8)16-19(17,18)12-7-9(15)3-6-11(12)14/h3,6-8,10,16H,1-2,4-5H2. The monoisotopic (exact) mass is 369 g/mol. The molecule has 1 N–H and O–H groups in total. The fraction of sp³-hybridized carbons (Fsp3) is 0.500. The lowest BCUT2D eigenvalue weighted by Crippen LogP contribution is -2.37. The van der Waals surface area contributed by atoms with Gasteiger partial charge >= 0.3 is 0 Å². The number of hydrogen-bond donors (Lipinski definition) is 1. The van der Waals surface area contributed by atoms with Crippen LogP contribution >= 0.6 is 27.5 Å². The molecule has 7 heteroatoms. The topological polar surface area (TPSA) is 46.2 Å². The van der Waals surface area contributed by atoms with Crippen LogP contribution in [-0.4, -0.2) is 19.3 Å². The molecule has 1 fully saturated rings. The molecule has 106 valence electrons. The van der Waals surface area contributed by atoms with Crippen molar-refractivity contribution in [2.24, 2.45) is 0 Å². The molecule has 1 aliphatic carbocycles. The van der Waals surface area contributed by atoms with E-state index in [0.29, 0.717) is 4.83 Å². The van der Waals surface area contributed by atoms with Crippen LogP contribution in [0.1, 0.15) is 25.7 Å². The number of hydrogen-bond acceptors (Lipinski definition) is 2. The van der Waals surface area contributed by atoms with E-state index in [4.69, 9.17) is 11.6 Å². The Bertz CT molecular complexity index is 559. The van der Waals surface area contributed by atoms with Gasteiger partial charge in [0.1, 0.15) is 10.7 Å². The zero-order chi connectivity index (χ0) is 14.0. The SMILES string of the molecule is O=S(=O)(NC1CCC(Br)CC1)c1cc(F)ccc1Cl. The number of benzene rings is 1. The summed E-state index contributed by atoms with van der Waals surface area (Å²) in [4.78, 5) is 0.251. The van der Waals surface area contributed by atoms with Crippen molar-refractivity contribution >= 4 is 37.6 Å². The maximum atomic E-state index is 13.2. The lowest BCUT2D eigenvalue weighted by molar-refractivity contribution is 0.422. The molecule has 3 nitrogen and oxygen atoms in total. The maximum Gasteiger partial charge on any atom is 0.242 e. The van der Waals surface area contributed by atoms with Crippen LogP contribution in [0, 0.1) is 5.82 Å². The zero-order valence-electron chi connectivity index (χ0n) is 10.1. The van der Waals surface area contributed by atoms with Crippen LogP contribution in [0.5, 0.6) is 0 Å². The molecule has 1 aromatic rings. The average molecular weight is 371 g/mol. The summed E-state index contributed by atoms with van der Waals surface area (Å²) in [5, 5.41) is 0.0306. The van der Waals surface area contributed by atoms with Gasteiger partial charge in [-0.25, -0.2) is 17.5 Å². The van der Waals surface area contributed by atoms with Gasteiger partial charge in [0.15, 0.2) is 0 Å². The largest absolute Gasteiger partial charge is 0.242 e. The highest BCUT2D eigenvalue weighted by molar-refractivity contribution is 9.09. The third-order valence-electron chi connectivity index (χ3n) is 3.16. The van der Waals surface area contributed by atoms with Crippen molar-refractivity contribution in [2.75, 3.05) is 0 Å². The molecule has 1 aromatic carbocycles. The van der Waals surface area contributed by atoms with Gasteiger partial charge in [0.2, 0.25) is 10.0 Å². The van der Waals surface area contributed by atoms with Gasteiger partial charge in [-0.3, -0.25) is 0 Å². The minimum Gasteiger partial charge on any atom is -0.208 e. The van der Waals surface area contributed by atoms with Crippen LogP contribution in [0.25, 0.3) is 0 Å². The fourth-order valence-corrected chi connectivity index (χ4v) is 4.48. The summed E-state index contributed by atoms with van der Waals surface area (Å²) in [5.74, 6) is -0.617. The number of sulfonamides is 1. The molecule has 0 saturated heterocycles. The first kappa shape index (κ1) is 15.2. The van der Waals surface area contributed by atoms with E-state index in [1.165, 1.54) is 6.07 Å². The van der Waals surface area contributed by atoms with Crippen molar-refractivity contribution in [3.05, 3.63) is 29.0 Å². The van der Waals surface area contributed by atoms with Crippen LogP contribution in [0.4, 0.5) is 4.39 Å². The third-order valence-corrected chi connectivity index (χ3v) is 6.08. The fourth-order valence-electron chi connectivity index (χ4n) is 2.14. The lowest BCUT2D eigenvalue weighted by atomic mass is 9.96. The molecule has 0 atom stereocenters. The summed E-state index contributed by atoms with van der Waals surface area (Å²) < 4.78 is 40.1. The van der Waals surface area contributed by atoms with Crippen LogP contribution in [-0.2, 0) is 10.0 Å². The van der Waals surface area contributed by atoms with E-state index in [0.717, 1.165) is 37.8 Å². The highest BCUT2D eigenvalue weighted by Gasteiger charge is 2.26. The summed E-state index contributed by atoms with van der Waals surface area (Å²) in [5.41, 5.74) is 0. The average Bonchev–Trinajstić information content (AvgIpc) is 2.35. The van der Waals surface area contributed by atoms with Gasteiger partial charge in [-0.2, -0.15) is 0 Å². The smallest absolute Gasteiger partial charge is 0.208 e. The Morgan fingerprint density at radius 1 is 1.26 bits per heavy atom. The summed E-state index contributed by atoms with van der Waals surface area (Å²) in [6.07, 6.45) is 3.37. The highest BCUT2D eigenvalue weighted by Crippen LogP contribution is 2.27. The van der Waals surface area contributed by atoms with Crippen LogP contribution in [0.15, 0.2) is 23.1 Å². The molecule has 0 unspecified atom stereocenters. The Balaban J connectivity index is 2.16. The number of alkyl halides is 1. The van der Waals surface area contributed by atoms with E-state index in [9.17, 15) is 12.8 Å². The van der Waals surface area contributed by atoms with Gasteiger partial charge in [0, 0.05) is 10.9 Å². The normalized spacial score (nSPS) is 24.4. The summed E-state index contributed by atoms with van der Waals surface area (Å²) in [6.45, 7) is 0. The number of nitrogens with one attached hydrogen (secondary N) is 1. The van der Waals surface area contributed by atoms with E-state index < -0.39 is 15.8 Å². The summed E-state index contributed by atoms with van der Waals surface area (Å²) in [7, 11) is -3.77. The van der Waals surface area contributed by atoms with E-state index in [1.54, 1.807) is 0 Å². The van der Waals surface area contributed by atoms with Crippen LogP contribution in [0.2, 0.25) is 5.02 Å². The molecule has 0 heterocycles. The maximum absolute atomic E-state index is 13.2. The molecule has 19 heavy (non-hydrogen) atoms. The lowest BCUT2D eigenvalue weighted by Gasteiger charge is -2.26. The molecule has 1 saturated carbocycles. The minimum absolute atomic E-state index is 0.0306. The van der Waals surface area contributed by atoms with Gasteiger partial charge in [0.25, 0.3) is 0 Å². The van der Waals surface area contributed by atoms with Crippen molar-refractivity contribution in [2.45, 2.75) is 41.4 Å². The van der Waals surface area contributed by atoms with E-state index in [-0.39, 0.29) is 16.0 Å². The quantitative estimate of drug-likeness (QED) is 0.828. The first-order chi connectivity index (χ1) is 8.88. The van der Waals surface area contributed by atoms with Gasteiger partial charge in [-0.05, 0) is 43.9 Å². The predicted octanol–water partition coefficient (Wildman–Crippen LogP) is 3.46. The Kier molecular flexibility index (Phi) is 4.87. The molecular formula is C12H14BrClFNO2S. The molecule has 0 spiro atoms. The molecule has 1 aliphatic rings. The predicted molar refractivity (Wildman–Crippen MR) is 76.7 cm³/mol. The van der Waals surface area contributed by atoms with Crippen molar-refractivity contribution < 1.29 is 12.8 Å². The highest BCUT2D eigenvalue weighted by atomic mass is 79.9. The van der Waals surface area contributed by atoms with Crippen molar-refractivity contribution in [3.8, 4) is 0 Å². The first-order valence-corrected chi connectivity index (χ1v) is 8.77. The molecule has 0 aliphatic heterocycles. The van der Waals surface area contributed by atoms with Crippen LogP contribution < -0.4 is 4.72 Å². The molecule has 2 rings (SSSR count). The number of halogens is 3. The van der Waals surface area contributed by atoms with Crippen molar-refractivity contribution in [3.63, 3.8) is 0 Å². The van der Waals surface area contributed by atoms with Gasteiger partial charge in [-0.1, -0.05) is 27.5 Å². The summed E-state index contributed by atoms with van der Waals surface area (Å²) in [6, 6.07) is 3.22. The van der Waals surface area contributed by atoms with Crippen molar-refractivity contribution in [1.29, 1.82) is 0 Å². The van der Waals surface area contributed by atoms with E-state index in [2.05, 4.69) is 20.7 Å². The van der Waals surface area contributed by atoms with Crippen molar-refractivity contribution in [1.82, 2.24) is 4.72 Å².